The van der Waals surface area contributed by atoms with Gasteiger partial charge >= 0.3 is 12.1 Å². The molecule has 22 heteroatoms. The monoisotopic (exact) mass is 1120 g/mol. The molecule has 81 heavy (non-hydrogen) atoms. The number of fused-ring (bicyclic) bond motifs is 5. The summed E-state index contributed by atoms with van der Waals surface area (Å²) in [6, 6.07) is 9.51. The Hall–Kier alpha value is -6.94. The van der Waals surface area contributed by atoms with Gasteiger partial charge in [0.05, 0.1) is 40.9 Å². The number of hydrogen-bond donors (Lipinski definition) is 2. The van der Waals surface area contributed by atoms with Gasteiger partial charge in [-0.2, -0.15) is 15.1 Å². The van der Waals surface area contributed by atoms with Crippen molar-refractivity contribution in [2.45, 2.75) is 126 Å². The molecular weight excluding hydrogens is 1050 g/mol. The molecule has 4 atom stereocenters. The zero-order valence-corrected chi connectivity index (χ0v) is 45.7. The average molecular weight is 1120 g/mol. The van der Waals surface area contributed by atoms with Crippen molar-refractivity contribution in [1.29, 1.82) is 0 Å². The van der Waals surface area contributed by atoms with Crippen LogP contribution in [0.5, 0.6) is 11.8 Å². The highest BCUT2D eigenvalue weighted by atomic mass is 19.3. The van der Waals surface area contributed by atoms with Crippen LogP contribution in [0.1, 0.15) is 107 Å². The third kappa shape index (κ3) is 9.50. The maximum absolute atomic E-state index is 17.6. The number of imide groups is 1. The minimum atomic E-state index is -2.91. The van der Waals surface area contributed by atoms with Crippen LogP contribution in [0.2, 0.25) is 0 Å². The standard InChI is InChI=1S/C59H67F4N11O7/c1-3-39-43(60)10-6-33-28-38(75)29-42(47(33)39)51-49(61)52-48-44(64-51)11-7-36-30-79-27-5-21-73(36)54(48)68-56(67-52)81-32-58-19-4-22-74(58)37(14-20-58)31-80-57(78)72-25-17-35(18-26-72)59(62,63)34-15-23-71(24-16-34)45-12-8-40-50(69-70(2)53(40)65-45)41-9-13-46(76)66-55(41)77/h6,8,10,12,28-29,34-37,41,75H,3-5,7,9,11,13-27,30-32H2,1-2H3,(H,66,76,77)/t36-,37-,41?,58-/m0/s1. The van der Waals surface area contributed by atoms with Crippen LogP contribution >= 0.6 is 0 Å². The fraction of sp³-hybridized carbons (Fsp3) is 0.559. The first kappa shape index (κ1) is 53.4. The predicted molar refractivity (Wildman–Crippen MR) is 292 cm³/mol. The van der Waals surface area contributed by atoms with Gasteiger partial charge in [0.2, 0.25) is 11.8 Å². The summed E-state index contributed by atoms with van der Waals surface area (Å²) >= 11 is 0. The molecule has 6 saturated heterocycles. The molecule has 1 unspecified atom stereocenters. The van der Waals surface area contributed by atoms with E-state index in [-0.39, 0.29) is 98.0 Å². The second-order valence-corrected chi connectivity index (χ2v) is 23.4. The molecule has 11 heterocycles. The van der Waals surface area contributed by atoms with Gasteiger partial charge in [0, 0.05) is 81.6 Å². The van der Waals surface area contributed by atoms with Crippen LogP contribution in [0.25, 0.3) is 44.0 Å². The molecule has 0 spiro atoms. The first-order valence-corrected chi connectivity index (χ1v) is 29.0. The summed E-state index contributed by atoms with van der Waals surface area (Å²) in [6.07, 6.45) is 6.49. The van der Waals surface area contributed by atoms with E-state index in [1.54, 1.807) is 28.8 Å². The number of halogens is 4. The molecule has 3 amide bonds. The van der Waals surface area contributed by atoms with E-state index in [9.17, 15) is 19.5 Å². The van der Waals surface area contributed by atoms with Gasteiger partial charge in [0.15, 0.2) is 11.5 Å². The summed E-state index contributed by atoms with van der Waals surface area (Å²) in [7, 11) is 1.75. The molecule has 2 N–H and O–H groups in total. The van der Waals surface area contributed by atoms with Gasteiger partial charge in [0.1, 0.15) is 47.6 Å². The summed E-state index contributed by atoms with van der Waals surface area (Å²) in [5.41, 5.74) is 2.02. The van der Waals surface area contributed by atoms with E-state index in [1.165, 1.54) is 12.1 Å². The number of piperidine rings is 3. The molecule has 6 fully saturated rings. The molecule has 0 bridgehead atoms. The quantitative estimate of drug-likeness (QED) is 0.0926. The van der Waals surface area contributed by atoms with Crippen LogP contribution in [0, 0.1) is 23.5 Å². The number of alkyl halides is 2. The fourth-order valence-corrected chi connectivity index (χ4v) is 14.6. The number of phenolic OH excluding ortho intramolecular Hbond substituents is 1. The van der Waals surface area contributed by atoms with E-state index in [0.717, 1.165) is 44.0 Å². The second-order valence-electron chi connectivity index (χ2n) is 23.4. The Morgan fingerprint density at radius 3 is 2.48 bits per heavy atom. The van der Waals surface area contributed by atoms with E-state index in [2.05, 4.69) is 20.2 Å². The number of phenols is 1. The summed E-state index contributed by atoms with van der Waals surface area (Å²) in [6.45, 7) is 5.82. The Kier molecular flexibility index (Phi) is 13.9. The first-order valence-electron chi connectivity index (χ1n) is 29.0. The third-order valence-corrected chi connectivity index (χ3v) is 18.8. The number of carbonyl (C=O) groups excluding carboxylic acids is 3. The number of nitrogens with zero attached hydrogens (tertiary/aromatic N) is 10. The lowest BCUT2D eigenvalue weighted by Gasteiger charge is -2.42. The number of rotatable bonds is 11. The van der Waals surface area contributed by atoms with Crippen LogP contribution < -0.4 is 19.9 Å². The smallest absolute Gasteiger partial charge is 0.409 e. The lowest BCUT2D eigenvalue weighted by atomic mass is 9.79. The van der Waals surface area contributed by atoms with Crippen molar-refractivity contribution >= 4 is 62.3 Å². The number of likely N-dealkylation sites (tertiary alicyclic amines) is 1. The number of aryl methyl sites for hydroxylation is 3. The molecule has 7 aliphatic heterocycles. The SMILES string of the molecule is CCc1c(F)ccc2cc(O)cc(-c3nc4c5c(nc(OC[C@@]67CCCN6[C@H](COC(=O)N6CCC(C(F)(F)C8CCN(c9ccc%10c(C%11CCC(=O)NC%11=O)nn(C)c%10n9)CC8)CC6)CC7)nc5c3F)N3CCCOC[C@@H]3CC4)c12. The summed E-state index contributed by atoms with van der Waals surface area (Å²) in [5.74, 6) is -5.86. The summed E-state index contributed by atoms with van der Waals surface area (Å²) in [5, 5.41) is 20.2. The molecular formula is C59H67F4N11O7. The zero-order chi connectivity index (χ0) is 55.9. The molecule has 0 aliphatic carbocycles. The van der Waals surface area contributed by atoms with E-state index < -0.39 is 46.9 Å². The van der Waals surface area contributed by atoms with Gasteiger partial charge in [-0.3, -0.25) is 24.5 Å². The van der Waals surface area contributed by atoms with Gasteiger partial charge in [-0.05, 0) is 137 Å². The number of amides is 3. The van der Waals surface area contributed by atoms with Crippen LogP contribution in [-0.2, 0) is 39.0 Å². The van der Waals surface area contributed by atoms with Crippen molar-refractivity contribution in [3.05, 3.63) is 65.0 Å². The topological polar surface area (TPSA) is 193 Å². The first-order chi connectivity index (χ1) is 39.2. The number of aromatic hydroxyl groups is 1. The maximum Gasteiger partial charge on any atom is 0.409 e. The Labute approximate surface area is 465 Å². The van der Waals surface area contributed by atoms with Crippen molar-refractivity contribution in [1.82, 2.24) is 44.8 Å². The molecule has 13 rings (SSSR count). The number of aromatic nitrogens is 6. The van der Waals surface area contributed by atoms with Gasteiger partial charge in [-0.1, -0.05) is 13.0 Å². The summed E-state index contributed by atoms with van der Waals surface area (Å²) < 4.78 is 85.9. The molecule has 428 valence electrons. The fourth-order valence-electron chi connectivity index (χ4n) is 14.6. The molecule has 4 aromatic heterocycles. The zero-order valence-electron chi connectivity index (χ0n) is 45.7. The van der Waals surface area contributed by atoms with Crippen molar-refractivity contribution in [3.63, 3.8) is 0 Å². The van der Waals surface area contributed by atoms with Gasteiger partial charge < -0.3 is 34.0 Å². The van der Waals surface area contributed by atoms with Crippen LogP contribution in [-0.4, -0.2) is 152 Å². The number of anilines is 2. The van der Waals surface area contributed by atoms with Crippen LogP contribution in [0.4, 0.5) is 34.0 Å². The van der Waals surface area contributed by atoms with Crippen LogP contribution in [0.3, 0.4) is 0 Å². The normalized spacial score (nSPS) is 24.2. The van der Waals surface area contributed by atoms with Crippen molar-refractivity contribution in [2.24, 2.45) is 18.9 Å². The molecule has 0 radical (unpaired) electrons. The van der Waals surface area contributed by atoms with Crippen molar-refractivity contribution in [2.75, 3.05) is 75.5 Å². The lowest BCUT2D eigenvalue weighted by molar-refractivity contribution is -0.134. The van der Waals surface area contributed by atoms with Crippen molar-refractivity contribution in [3.8, 4) is 23.0 Å². The third-order valence-electron chi connectivity index (χ3n) is 18.8. The number of carbonyl (C=O) groups is 3. The maximum atomic E-state index is 17.6. The summed E-state index contributed by atoms with van der Waals surface area (Å²) in [4.78, 5) is 65.7. The number of nitrogens with one attached hydrogen (secondary N) is 1. The Balaban J connectivity index is 0.650. The Morgan fingerprint density at radius 2 is 1.69 bits per heavy atom. The predicted octanol–water partition coefficient (Wildman–Crippen LogP) is 8.51. The molecule has 7 aliphatic rings. The highest BCUT2D eigenvalue weighted by Crippen LogP contribution is 2.47. The highest BCUT2D eigenvalue weighted by Gasteiger charge is 2.52. The molecule has 2 aromatic carbocycles. The van der Waals surface area contributed by atoms with Gasteiger partial charge in [-0.25, -0.2) is 32.3 Å². The molecule has 18 nitrogen and oxygen atoms in total. The Bertz CT molecular complexity index is 3480. The Morgan fingerprint density at radius 1 is 0.889 bits per heavy atom. The van der Waals surface area contributed by atoms with E-state index >= 15 is 17.6 Å². The minimum Gasteiger partial charge on any atom is -0.508 e. The van der Waals surface area contributed by atoms with Crippen molar-refractivity contribution < 1.29 is 51.3 Å². The van der Waals surface area contributed by atoms with E-state index in [1.807, 2.05) is 24.0 Å². The average Bonchev–Trinajstić information content (AvgIpc) is 4.08. The lowest BCUT2D eigenvalue weighted by Crippen LogP contribution is -2.50. The van der Waals surface area contributed by atoms with Crippen LogP contribution in [0.15, 0.2) is 36.4 Å². The largest absolute Gasteiger partial charge is 0.508 e. The number of benzene rings is 2. The highest BCUT2D eigenvalue weighted by molar-refractivity contribution is 6.03. The second kappa shape index (κ2) is 21.1. The number of ether oxygens (including phenoxy) is 3. The van der Waals surface area contributed by atoms with E-state index in [0.29, 0.717) is 122 Å². The minimum absolute atomic E-state index is 0.0165. The molecule has 6 aromatic rings. The van der Waals surface area contributed by atoms with Gasteiger partial charge in [-0.15, -0.1) is 0 Å². The molecule has 0 saturated carbocycles. The number of pyridine rings is 2. The van der Waals surface area contributed by atoms with Gasteiger partial charge in [0.25, 0.3) is 5.92 Å². The van der Waals surface area contributed by atoms with E-state index in [4.69, 9.17) is 34.1 Å². The number of hydrogen-bond acceptors (Lipinski definition) is 15.